The lowest BCUT2D eigenvalue weighted by Gasteiger charge is -2.26. The maximum Gasteiger partial charge on any atom is 0.135 e. The summed E-state index contributed by atoms with van der Waals surface area (Å²) in [6, 6.07) is 6.02. The van der Waals surface area contributed by atoms with Crippen LogP contribution in [-0.4, -0.2) is 25.8 Å². The largest absolute Gasteiger partial charge is 0.366 e. The summed E-state index contributed by atoms with van der Waals surface area (Å²) in [5, 5.41) is 20.8. The lowest BCUT2D eigenvalue weighted by molar-refractivity contribution is 0.458. The number of anilines is 1. The van der Waals surface area contributed by atoms with Crippen LogP contribution in [-0.2, 0) is 13.0 Å². The fraction of sp³-hybridized carbons (Fsp3) is 0.467. The topological polar surface area (TPSA) is 79.4 Å². The van der Waals surface area contributed by atoms with Gasteiger partial charge in [0.25, 0.3) is 0 Å². The molecule has 0 spiro atoms. The number of nitrogens with one attached hydrogen (secondary N) is 1. The molecule has 0 unspecified atom stereocenters. The molecule has 2 aromatic rings. The van der Waals surface area contributed by atoms with Gasteiger partial charge in [0.15, 0.2) is 0 Å². The van der Waals surface area contributed by atoms with Crippen LogP contribution in [0.5, 0.6) is 0 Å². The summed E-state index contributed by atoms with van der Waals surface area (Å²) in [5.74, 6) is 3.30. The third-order valence-electron chi connectivity index (χ3n) is 3.74. The normalized spacial score (nSPS) is 17.3. The van der Waals surface area contributed by atoms with E-state index in [1.165, 1.54) is 0 Å². The number of aryl methyl sites for hydroxylation is 1. The van der Waals surface area contributed by atoms with E-state index < -0.39 is 0 Å². The third kappa shape index (κ3) is 2.72. The first-order valence-electron chi connectivity index (χ1n) is 7.22. The third-order valence-corrected chi connectivity index (χ3v) is 3.74. The second-order valence-corrected chi connectivity index (χ2v) is 5.66. The quantitative estimate of drug-likeness (QED) is 0.932. The molecule has 0 bridgehead atoms. The molecular weight excluding hydrogens is 264 g/mol. The number of hydrogen-bond acceptors (Lipinski definition) is 5. The van der Waals surface area contributed by atoms with Crippen LogP contribution in [0.15, 0.2) is 18.3 Å². The molecule has 6 nitrogen and oxygen atoms in total. The van der Waals surface area contributed by atoms with Crippen molar-refractivity contribution >= 4 is 5.82 Å². The summed E-state index contributed by atoms with van der Waals surface area (Å²) in [4.78, 5) is 4.27. The van der Waals surface area contributed by atoms with Crippen LogP contribution >= 0.6 is 0 Å². The van der Waals surface area contributed by atoms with E-state index in [0.29, 0.717) is 17.5 Å². The zero-order valence-corrected chi connectivity index (χ0v) is 12.2. The predicted molar refractivity (Wildman–Crippen MR) is 78.8 cm³/mol. The van der Waals surface area contributed by atoms with Crippen molar-refractivity contribution in [1.29, 1.82) is 5.26 Å². The molecule has 108 valence electrons. The van der Waals surface area contributed by atoms with Gasteiger partial charge in [0.1, 0.15) is 23.5 Å². The number of aromatic nitrogens is 4. The molecule has 0 fully saturated rings. The van der Waals surface area contributed by atoms with Crippen molar-refractivity contribution in [3.63, 3.8) is 0 Å². The van der Waals surface area contributed by atoms with Gasteiger partial charge in [0.2, 0.25) is 0 Å². The number of rotatable bonds is 3. The second-order valence-electron chi connectivity index (χ2n) is 5.66. The fourth-order valence-electron chi connectivity index (χ4n) is 2.65. The maximum atomic E-state index is 8.79. The van der Waals surface area contributed by atoms with Gasteiger partial charge in [-0.05, 0) is 18.6 Å². The van der Waals surface area contributed by atoms with Crippen molar-refractivity contribution in [3.8, 4) is 6.07 Å². The van der Waals surface area contributed by atoms with E-state index in [9.17, 15) is 0 Å². The Bertz CT molecular complexity index is 664. The molecule has 1 aliphatic rings. The Morgan fingerprint density at radius 1 is 1.38 bits per heavy atom. The van der Waals surface area contributed by atoms with Crippen LogP contribution in [0.1, 0.15) is 43.4 Å². The summed E-state index contributed by atoms with van der Waals surface area (Å²) >= 11 is 0. The Kier molecular flexibility index (Phi) is 3.57. The van der Waals surface area contributed by atoms with E-state index in [-0.39, 0.29) is 0 Å². The number of pyridine rings is 1. The average molecular weight is 282 g/mol. The molecule has 21 heavy (non-hydrogen) atoms. The Hall–Kier alpha value is -2.42. The smallest absolute Gasteiger partial charge is 0.135 e. The van der Waals surface area contributed by atoms with E-state index in [0.717, 1.165) is 36.9 Å². The van der Waals surface area contributed by atoms with E-state index in [1.54, 1.807) is 12.3 Å². The van der Waals surface area contributed by atoms with Gasteiger partial charge in [-0.15, -0.1) is 10.2 Å². The van der Waals surface area contributed by atoms with Crippen LogP contribution in [0.25, 0.3) is 0 Å². The molecule has 1 aliphatic heterocycles. The van der Waals surface area contributed by atoms with Gasteiger partial charge < -0.3 is 9.88 Å². The molecule has 1 N–H and O–H groups in total. The van der Waals surface area contributed by atoms with Gasteiger partial charge in [-0.2, -0.15) is 5.26 Å². The standard InChI is InChI=1S/C15H18N6/c1-10(2)15-20-19-14-6-4-12(9-21(14)15)18-13-5-3-11(7-16)8-17-13/h3,5,8,10,12H,4,6,9H2,1-2H3,(H,17,18)/t12-/m0/s1. The molecular formula is C15H18N6. The molecule has 0 radical (unpaired) electrons. The van der Waals surface area contributed by atoms with Crippen LogP contribution in [0, 0.1) is 11.3 Å². The van der Waals surface area contributed by atoms with E-state index in [1.807, 2.05) is 6.07 Å². The Morgan fingerprint density at radius 3 is 2.90 bits per heavy atom. The maximum absolute atomic E-state index is 8.79. The molecule has 3 rings (SSSR count). The zero-order valence-electron chi connectivity index (χ0n) is 12.2. The van der Waals surface area contributed by atoms with Crippen LogP contribution in [0.3, 0.4) is 0 Å². The molecule has 0 aliphatic carbocycles. The minimum absolute atomic E-state index is 0.312. The Balaban J connectivity index is 1.73. The van der Waals surface area contributed by atoms with Gasteiger partial charge in [-0.3, -0.25) is 0 Å². The fourth-order valence-corrected chi connectivity index (χ4v) is 2.65. The summed E-state index contributed by atoms with van der Waals surface area (Å²) in [6.07, 6.45) is 3.53. The molecule has 0 saturated carbocycles. The van der Waals surface area contributed by atoms with E-state index in [2.05, 4.69) is 45.0 Å². The summed E-state index contributed by atoms with van der Waals surface area (Å²) < 4.78 is 2.22. The molecule has 0 amide bonds. The van der Waals surface area contributed by atoms with Crippen molar-refractivity contribution in [2.75, 3.05) is 5.32 Å². The predicted octanol–water partition coefficient (Wildman–Crippen LogP) is 2.10. The van der Waals surface area contributed by atoms with Gasteiger partial charge in [-0.1, -0.05) is 13.8 Å². The lowest BCUT2D eigenvalue weighted by atomic mass is 10.1. The summed E-state index contributed by atoms with van der Waals surface area (Å²) in [5.41, 5.74) is 0.576. The van der Waals surface area contributed by atoms with Crippen molar-refractivity contribution < 1.29 is 0 Å². The highest BCUT2D eigenvalue weighted by Gasteiger charge is 2.23. The summed E-state index contributed by atoms with van der Waals surface area (Å²) in [6.45, 7) is 5.13. The van der Waals surface area contributed by atoms with Crippen LogP contribution < -0.4 is 5.32 Å². The molecule has 2 aromatic heterocycles. The number of hydrogen-bond donors (Lipinski definition) is 1. The zero-order chi connectivity index (χ0) is 14.8. The minimum atomic E-state index is 0.312. The first-order chi connectivity index (χ1) is 10.2. The Morgan fingerprint density at radius 2 is 2.24 bits per heavy atom. The molecule has 0 saturated heterocycles. The minimum Gasteiger partial charge on any atom is -0.366 e. The lowest BCUT2D eigenvalue weighted by Crippen LogP contribution is -2.32. The number of fused-ring (bicyclic) bond motifs is 1. The van der Waals surface area contributed by atoms with Gasteiger partial charge in [0, 0.05) is 31.1 Å². The number of nitriles is 1. The SMILES string of the molecule is CC(C)c1nnc2n1C[C@@H](Nc1ccc(C#N)cn1)CC2. The van der Waals surface area contributed by atoms with Crippen molar-refractivity contribution in [2.45, 2.75) is 45.2 Å². The monoisotopic (exact) mass is 282 g/mol. The van der Waals surface area contributed by atoms with E-state index in [4.69, 9.17) is 5.26 Å². The summed E-state index contributed by atoms with van der Waals surface area (Å²) in [7, 11) is 0. The average Bonchev–Trinajstić information content (AvgIpc) is 2.91. The van der Waals surface area contributed by atoms with Gasteiger partial charge >= 0.3 is 0 Å². The Labute approximate surface area is 123 Å². The molecule has 6 heteroatoms. The van der Waals surface area contributed by atoms with Crippen molar-refractivity contribution in [3.05, 3.63) is 35.5 Å². The number of nitrogens with zero attached hydrogens (tertiary/aromatic N) is 5. The van der Waals surface area contributed by atoms with Crippen LogP contribution in [0.2, 0.25) is 0 Å². The van der Waals surface area contributed by atoms with Gasteiger partial charge in [0.05, 0.1) is 5.56 Å². The first-order valence-corrected chi connectivity index (χ1v) is 7.22. The van der Waals surface area contributed by atoms with E-state index >= 15 is 0 Å². The van der Waals surface area contributed by atoms with Gasteiger partial charge in [-0.25, -0.2) is 4.98 Å². The van der Waals surface area contributed by atoms with Crippen molar-refractivity contribution in [2.24, 2.45) is 0 Å². The highest BCUT2D eigenvalue weighted by molar-refractivity contribution is 5.39. The van der Waals surface area contributed by atoms with Crippen LogP contribution in [0.4, 0.5) is 5.82 Å². The highest BCUT2D eigenvalue weighted by Crippen LogP contribution is 2.21. The highest BCUT2D eigenvalue weighted by atomic mass is 15.3. The molecule has 3 heterocycles. The second kappa shape index (κ2) is 5.52. The molecule has 0 aromatic carbocycles. The molecule has 1 atom stereocenters. The van der Waals surface area contributed by atoms with Crippen molar-refractivity contribution in [1.82, 2.24) is 19.7 Å². The first kappa shape index (κ1) is 13.6.